The standard InChI is InChI=1S/C17H25NO3/c1-3-16(19)14-7-9-15(10-8-14)21-12-17(20)18-11-5-4-6-13(18)2/h7-10,13,16,19H,3-6,11-12H2,1-2H3. The highest BCUT2D eigenvalue weighted by Gasteiger charge is 2.23. The molecular formula is C17H25NO3. The first kappa shape index (κ1) is 15.8. The average molecular weight is 291 g/mol. The third kappa shape index (κ3) is 4.21. The Bertz CT molecular complexity index is 458. The van der Waals surface area contributed by atoms with Crippen molar-refractivity contribution in [2.75, 3.05) is 13.2 Å². The molecule has 116 valence electrons. The molecule has 2 unspecified atom stereocenters. The van der Waals surface area contributed by atoms with Gasteiger partial charge in [0, 0.05) is 12.6 Å². The maximum atomic E-state index is 12.2. The SMILES string of the molecule is CCC(O)c1ccc(OCC(=O)N2CCCCC2C)cc1. The maximum absolute atomic E-state index is 12.2. The first-order valence-corrected chi connectivity index (χ1v) is 7.82. The monoisotopic (exact) mass is 291 g/mol. The highest BCUT2D eigenvalue weighted by molar-refractivity contribution is 5.78. The first-order chi connectivity index (χ1) is 10.1. The fourth-order valence-corrected chi connectivity index (χ4v) is 2.72. The molecule has 1 aromatic carbocycles. The van der Waals surface area contributed by atoms with Crippen LogP contribution in [0.2, 0.25) is 0 Å². The van der Waals surface area contributed by atoms with E-state index in [9.17, 15) is 9.90 Å². The van der Waals surface area contributed by atoms with E-state index >= 15 is 0 Å². The maximum Gasteiger partial charge on any atom is 0.260 e. The molecular weight excluding hydrogens is 266 g/mol. The minimum Gasteiger partial charge on any atom is -0.484 e. The van der Waals surface area contributed by atoms with Gasteiger partial charge in [0.05, 0.1) is 6.10 Å². The van der Waals surface area contributed by atoms with Crippen molar-refractivity contribution in [2.45, 2.75) is 51.7 Å². The summed E-state index contributed by atoms with van der Waals surface area (Å²) in [6, 6.07) is 7.62. The van der Waals surface area contributed by atoms with Crippen LogP contribution in [0.25, 0.3) is 0 Å². The number of amides is 1. The summed E-state index contributed by atoms with van der Waals surface area (Å²) in [6.07, 6.45) is 3.61. The molecule has 2 rings (SSSR count). The molecule has 1 fully saturated rings. The molecule has 0 radical (unpaired) electrons. The van der Waals surface area contributed by atoms with Crippen LogP contribution < -0.4 is 4.74 Å². The number of aliphatic hydroxyl groups excluding tert-OH is 1. The second kappa shape index (κ2) is 7.46. The normalized spacial score (nSPS) is 20.1. The van der Waals surface area contributed by atoms with E-state index in [2.05, 4.69) is 6.92 Å². The first-order valence-electron chi connectivity index (χ1n) is 7.82. The molecule has 1 heterocycles. The third-order valence-corrected chi connectivity index (χ3v) is 4.14. The lowest BCUT2D eigenvalue weighted by atomic mass is 10.0. The minimum absolute atomic E-state index is 0.0554. The Morgan fingerprint density at radius 3 is 2.71 bits per heavy atom. The molecule has 0 aromatic heterocycles. The van der Waals surface area contributed by atoms with Crippen LogP contribution in [-0.2, 0) is 4.79 Å². The number of nitrogens with zero attached hydrogens (tertiary/aromatic N) is 1. The number of aliphatic hydroxyl groups is 1. The number of hydrogen-bond acceptors (Lipinski definition) is 3. The fourth-order valence-electron chi connectivity index (χ4n) is 2.72. The quantitative estimate of drug-likeness (QED) is 0.907. The Morgan fingerprint density at radius 1 is 1.38 bits per heavy atom. The Kier molecular flexibility index (Phi) is 5.62. The molecule has 1 aliphatic rings. The van der Waals surface area contributed by atoms with E-state index in [0.29, 0.717) is 18.2 Å². The van der Waals surface area contributed by atoms with Gasteiger partial charge < -0.3 is 14.7 Å². The number of carbonyl (C=O) groups is 1. The van der Waals surface area contributed by atoms with Crippen LogP contribution in [0.1, 0.15) is 51.2 Å². The fraction of sp³-hybridized carbons (Fsp3) is 0.588. The van der Waals surface area contributed by atoms with Gasteiger partial charge in [0.15, 0.2) is 6.61 Å². The summed E-state index contributed by atoms with van der Waals surface area (Å²) in [5.41, 5.74) is 0.876. The van der Waals surface area contributed by atoms with Gasteiger partial charge in [-0.2, -0.15) is 0 Å². The lowest BCUT2D eigenvalue weighted by Crippen LogP contribution is -2.44. The topological polar surface area (TPSA) is 49.8 Å². The molecule has 0 aliphatic carbocycles. The van der Waals surface area contributed by atoms with Crippen LogP contribution in [0.4, 0.5) is 0 Å². The largest absolute Gasteiger partial charge is 0.484 e. The number of hydrogen-bond donors (Lipinski definition) is 1. The summed E-state index contributed by atoms with van der Waals surface area (Å²) in [7, 11) is 0. The van der Waals surface area contributed by atoms with E-state index in [1.807, 2.05) is 24.0 Å². The summed E-state index contributed by atoms with van der Waals surface area (Å²) in [4.78, 5) is 14.1. The van der Waals surface area contributed by atoms with Gasteiger partial charge in [-0.15, -0.1) is 0 Å². The van der Waals surface area contributed by atoms with Crippen molar-refractivity contribution in [1.29, 1.82) is 0 Å². The summed E-state index contributed by atoms with van der Waals surface area (Å²) in [5.74, 6) is 0.722. The Morgan fingerprint density at radius 2 is 2.10 bits per heavy atom. The molecule has 1 aliphatic heterocycles. The van der Waals surface area contributed by atoms with E-state index in [1.54, 1.807) is 12.1 Å². The zero-order chi connectivity index (χ0) is 15.2. The molecule has 1 N–H and O–H groups in total. The van der Waals surface area contributed by atoms with Crippen LogP contribution in [0, 0.1) is 0 Å². The summed E-state index contributed by atoms with van der Waals surface area (Å²) >= 11 is 0. The van der Waals surface area contributed by atoms with Crippen molar-refractivity contribution in [3.8, 4) is 5.75 Å². The minimum atomic E-state index is -0.435. The van der Waals surface area contributed by atoms with Gasteiger partial charge in [0.2, 0.25) is 0 Å². The van der Waals surface area contributed by atoms with Gasteiger partial charge in [-0.1, -0.05) is 19.1 Å². The zero-order valence-corrected chi connectivity index (χ0v) is 12.9. The molecule has 2 atom stereocenters. The van der Waals surface area contributed by atoms with Crippen LogP contribution >= 0.6 is 0 Å². The van der Waals surface area contributed by atoms with Crippen LogP contribution in [0.3, 0.4) is 0 Å². The third-order valence-electron chi connectivity index (χ3n) is 4.14. The van der Waals surface area contributed by atoms with Crippen LogP contribution in [0.15, 0.2) is 24.3 Å². The van der Waals surface area contributed by atoms with Crippen molar-refractivity contribution in [1.82, 2.24) is 4.90 Å². The van der Waals surface area contributed by atoms with Gasteiger partial charge in [-0.3, -0.25) is 4.79 Å². The number of rotatable bonds is 5. The number of ether oxygens (including phenoxy) is 1. The average Bonchev–Trinajstić information content (AvgIpc) is 2.52. The van der Waals surface area contributed by atoms with Gasteiger partial charge >= 0.3 is 0 Å². The second-order valence-corrected chi connectivity index (χ2v) is 5.71. The van der Waals surface area contributed by atoms with Gasteiger partial charge in [-0.05, 0) is 50.3 Å². The number of benzene rings is 1. The molecule has 1 aromatic rings. The van der Waals surface area contributed by atoms with Crippen LogP contribution in [0.5, 0.6) is 5.75 Å². The highest BCUT2D eigenvalue weighted by Crippen LogP contribution is 2.20. The zero-order valence-electron chi connectivity index (χ0n) is 12.9. The van der Waals surface area contributed by atoms with E-state index in [-0.39, 0.29) is 12.5 Å². The van der Waals surface area contributed by atoms with Crippen molar-refractivity contribution in [3.05, 3.63) is 29.8 Å². The molecule has 1 saturated heterocycles. The summed E-state index contributed by atoms with van der Waals surface area (Å²) in [5, 5.41) is 9.74. The second-order valence-electron chi connectivity index (χ2n) is 5.71. The molecule has 4 heteroatoms. The Labute approximate surface area is 126 Å². The van der Waals surface area contributed by atoms with E-state index in [0.717, 1.165) is 24.9 Å². The van der Waals surface area contributed by atoms with Crippen molar-refractivity contribution >= 4 is 5.91 Å². The van der Waals surface area contributed by atoms with Crippen molar-refractivity contribution in [2.24, 2.45) is 0 Å². The van der Waals surface area contributed by atoms with Crippen molar-refractivity contribution in [3.63, 3.8) is 0 Å². The molecule has 21 heavy (non-hydrogen) atoms. The van der Waals surface area contributed by atoms with Gasteiger partial charge in [-0.25, -0.2) is 0 Å². The van der Waals surface area contributed by atoms with Gasteiger partial charge in [0.1, 0.15) is 5.75 Å². The Hall–Kier alpha value is -1.55. The van der Waals surface area contributed by atoms with E-state index in [4.69, 9.17) is 4.74 Å². The smallest absolute Gasteiger partial charge is 0.260 e. The number of likely N-dealkylation sites (tertiary alicyclic amines) is 1. The predicted molar refractivity (Wildman–Crippen MR) is 82.2 cm³/mol. The Balaban J connectivity index is 1.86. The number of carbonyl (C=O) groups excluding carboxylic acids is 1. The molecule has 4 nitrogen and oxygen atoms in total. The van der Waals surface area contributed by atoms with E-state index < -0.39 is 6.10 Å². The summed E-state index contributed by atoms with van der Waals surface area (Å²) in [6.45, 7) is 4.95. The predicted octanol–water partition coefficient (Wildman–Crippen LogP) is 2.91. The highest BCUT2D eigenvalue weighted by atomic mass is 16.5. The molecule has 1 amide bonds. The van der Waals surface area contributed by atoms with Crippen molar-refractivity contribution < 1.29 is 14.6 Å². The summed E-state index contributed by atoms with van der Waals surface area (Å²) < 4.78 is 5.56. The molecule has 0 bridgehead atoms. The van der Waals surface area contributed by atoms with Crippen LogP contribution in [-0.4, -0.2) is 35.1 Å². The molecule has 0 spiro atoms. The lowest BCUT2D eigenvalue weighted by Gasteiger charge is -2.33. The number of piperidine rings is 1. The molecule has 0 saturated carbocycles. The van der Waals surface area contributed by atoms with Gasteiger partial charge in [0.25, 0.3) is 5.91 Å². The van der Waals surface area contributed by atoms with E-state index in [1.165, 1.54) is 6.42 Å². The lowest BCUT2D eigenvalue weighted by molar-refractivity contribution is -0.136.